The lowest BCUT2D eigenvalue weighted by Crippen LogP contribution is -2.27. The Morgan fingerprint density at radius 1 is 0.840 bits per heavy atom. The average molecular weight is 348 g/mol. The average Bonchev–Trinajstić information content (AvgIpc) is 2.63. The van der Waals surface area contributed by atoms with Gasteiger partial charge in [0.15, 0.2) is 0 Å². The van der Waals surface area contributed by atoms with Crippen molar-refractivity contribution >= 4 is 21.4 Å². The second-order valence-electron chi connectivity index (χ2n) is 5.55. The smallest absolute Gasteiger partial charge is 0.234 e. The largest absolute Gasteiger partial charge is 0.269 e. The summed E-state index contributed by atoms with van der Waals surface area (Å²) in [4.78, 5) is -0.00620. The Morgan fingerprint density at radius 3 is 1.84 bits per heavy atom. The molecule has 0 bridgehead atoms. The molecule has 124 valence electrons. The van der Waals surface area contributed by atoms with Crippen molar-refractivity contribution in [3.05, 3.63) is 90.0 Å². The standard InChI is InChI=1S/C20H16N2O2S/c1-16-12-13-20(17(14-16)15-21)25(23,24)22(18-8-4-2-5-9-18)19-10-6-3-7-11-19/h2-14H,1H3. The van der Waals surface area contributed by atoms with Gasteiger partial charge in [0, 0.05) is 0 Å². The molecule has 0 aromatic heterocycles. The van der Waals surface area contributed by atoms with E-state index in [2.05, 4.69) is 0 Å². The number of rotatable bonds is 4. The zero-order chi connectivity index (χ0) is 17.9. The fourth-order valence-corrected chi connectivity index (χ4v) is 4.23. The summed E-state index contributed by atoms with van der Waals surface area (Å²) in [5.74, 6) is 0. The number of nitriles is 1. The summed E-state index contributed by atoms with van der Waals surface area (Å²) in [5.41, 5.74) is 2.00. The minimum Gasteiger partial charge on any atom is -0.234 e. The quantitative estimate of drug-likeness (QED) is 0.702. The van der Waals surface area contributed by atoms with Gasteiger partial charge >= 0.3 is 0 Å². The first kappa shape index (κ1) is 16.7. The van der Waals surface area contributed by atoms with Crippen LogP contribution in [0.1, 0.15) is 11.1 Å². The number of anilines is 2. The van der Waals surface area contributed by atoms with E-state index in [0.29, 0.717) is 11.4 Å². The molecule has 5 heteroatoms. The minimum atomic E-state index is -3.96. The molecule has 3 rings (SSSR count). The molecule has 0 radical (unpaired) electrons. The Bertz CT molecular complexity index is 985. The highest BCUT2D eigenvalue weighted by Gasteiger charge is 2.29. The number of aryl methyl sites for hydroxylation is 1. The van der Waals surface area contributed by atoms with Crippen LogP contribution in [-0.4, -0.2) is 8.42 Å². The highest BCUT2D eigenvalue weighted by atomic mass is 32.2. The van der Waals surface area contributed by atoms with Crippen LogP contribution < -0.4 is 4.31 Å². The highest BCUT2D eigenvalue weighted by Crippen LogP contribution is 2.33. The Morgan fingerprint density at radius 2 is 1.36 bits per heavy atom. The summed E-state index contributed by atoms with van der Waals surface area (Å²) in [6, 6.07) is 24.4. The van der Waals surface area contributed by atoms with Gasteiger partial charge < -0.3 is 0 Å². The molecule has 0 unspecified atom stereocenters. The van der Waals surface area contributed by atoms with E-state index in [9.17, 15) is 13.7 Å². The van der Waals surface area contributed by atoms with E-state index in [0.717, 1.165) is 5.56 Å². The van der Waals surface area contributed by atoms with E-state index in [1.165, 1.54) is 10.4 Å². The van der Waals surface area contributed by atoms with E-state index < -0.39 is 10.0 Å². The molecular formula is C20H16N2O2S. The van der Waals surface area contributed by atoms with Gasteiger partial charge in [-0.15, -0.1) is 0 Å². The molecule has 0 saturated carbocycles. The molecule has 0 atom stereocenters. The van der Waals surface area contributed by atoms with Gasteiger partial charge in [0.25, 0.3) is 10.0 Å². The molecule has 0 N–H and O–H groups in total. The van der Waals surface area contributed by atoms with Crippen LogP contribution in [0.3, 0.4) is 0 Å². The third kappa shape index (κ3) is 3.25. The van der Waals surface area contributed by atoms with Crippen LogP contribution in [0.5, 0.6) is 0 Å². The van der Waals surface area contributed by atoms with Crippen molar-refractivity contribution in [2.75, 3.05) is 4.31 Å². The van der Waals surface area contributed by atoms with Gasteiger partial charge in [0.1, 0.15) is 11.0 Å². The van der Waals surface area contributed by atoms with Crippen molar-refractivity contribution in [2.24, 2.45) is 0 Å². The van der Waals surface area contributed by atoms with Crippen molar-refractivity contribution < 1.29 is 8.42 Å². The Balaban J connectivity index is 2.25. The van der Waals surface area contributed by atoms with Crippen molar-refractivity contribution in [2.45, 2.75) is 11.8 Å². The normalized spacial score (nSPS) is 10.9. The van der Waals surface area contributed by atoms with Crippen molar-refractivity contribution in [1.82, 2.24) is 0 Å². The number of sulfonamides is 1. The van der Waals surface area contributed by atoms with Crippen LogP contribution in [-0.2, 0) is 10.0 Å². The third-order valence-corrected chi connectivity index (χ3v) is 5.57. The Kier molecular flexibility index (Phi) is 4.55. The molecule has 3 aromatic carbocycles. The van der Waals surface area contributed by atoms with Crippen LogP contribution >= 0.6 is 0 Å². The van der Waals surface area contributed by atoms with Crippen molar-refractivity contribution in [3.63, 3.8) is 0 Å². The van der Waals surface area contributed by atoms with Crippen LogP contribution in [0.15, 0.2) is 83.8 Å². The molecule has 0 aliphatic rings. The maximum Gasteiger partial charge on any atom is 0.269 e. The molecule has 0 aliphatic heterocycles. The maximum atomic E-state index is 13.4. The molecule has 0 heterocycles. The maximum absolute atomic E-state index is 13.4. The highest BCUT2D eigenvalue weighted by molar-refractivity contribution is 7.93. The number of benzene rings is 3. The molecular weight excluding hydrogens is 332 g/mol. The van der Waals surface area contributed by atoms with Crippen molar-refractivity contribution in [1.29, 1.82) is 5.26 Å². The van der Waals surface area contributed by atoms with Gasteiger partial charge in [-0.2, -0.15) is 5.26 Å². The first-order valence-corrected chi connectivity index (χ1v) is 9.14. The molecule has 0 spiro atoms. The summed E-state index contributed by atoms with van der Waals surface area (Å²) in [7, 11) is -3.96. The Hall–Kier alpha value is -3.10. The lowest BCUT2D eigenvalue weighted by atomic mass is 10.2. The van der Waals surface area contributed by atoms with E-state index in [4.69, 9.17) is 0 Å². The minimum absolute atomic E-state index is 0.00620. The van der Waals surface area contributed by atoms with Gasteiger partial charge in [0.2, 0.25) is 0 Å². The van der Waals surface area contributed by atoms with Gasteiger partial charge in [-0.1, -0.05) is 42.5 Å². The van der Waals surface area contributed by atoms with Crippen LogP contribution in [0.2, 0.25) is 0 Å². The second kappa shape index (κ2) is 6.80. The monoisotopic (exact) mass is 348 g/mol. The predicted molar refractivity (Wildman–Crippen MR) is 98.1 cm³/mol. The van der Waals surface area contributed by atoms with Crippen LogP contribution in [0.25, 0.3) is 0 Å². The molecule has 4 nitrogen and oxygen atoms in total. The molecule has 0 amide bonds. The molecule has 0 aliphatic carbocycles. The van der Waals surface area contributed by atoms with Crippen LogP contribution in [0, 0.1) is 18.3 Å². The number of nitrogens with zero attached hydrogens (tertiary/aromatic N) is 2. The zero-order valence-electron chi connectivity index (χ0n) is 13.6. The zero-order valence-corrected chi connectivity index (χ0v) is 14.4. The summed E-state index contributed by atoms with van der Waals surface area (Å²) in [6.07, 6.45) is 0. The molecule has 0 fully saturated rings. The summed E-state index contributed by atoms with van der Waals surface area (Å²) in [5, 5.41) is 9.40. The van der Waals surface area contributed by atoms with Gasteiger partial charge in [-0.05, 0) is 48.9 Å². The number of hydrogen-bond donors (Lipinski definition) is 0. The number of hydrogen-bond acceptors (Lipinski definition) is 3. The summed E-state index contributed by atoms with van der Waals surface area (Å²) in [6.45, 7) is 1.82. The summed E-state index contributed by atoms with van der Waals surface area (Å²) >= 11 is 0. The van der Waals surface area contributed by atoms with Gasteiger partial charge in [-0.3, -0.25) is 0 Å². The Labute approximate surface area is 147 Å². The lowest BCUT2D eigenvalue weighted by Gasteiger charge is -2.25. The fraction of sp³-hybridized carbons (Fsp3) is 0.0500. The van der Waals surface area contributed by atoms with E-state index in [-0.39, 0.29) is 10.5 Å². The molecule has 3 aromatic rings. The van der Waals surface area contributed by atoms with Crippen LogP contribution in [0.4, 0.5) is 11.4 Å². The molecule has 25 heavy (non-hydrogen) atoms. The molecule has 0 saturated heterocycles. The SMILES string of the molecule is Cc1ccc(S(=O)(=O)N(c2ccccc2)c2ccccc2)c(C#N)c1. The fourth-order valence-electron chi connectivity index (χ4n) is 2.61. The van der Waals surface area contributed by atoms with Gasteiger partial charge in [-0.25, -0.2) is 12.7 Å². The van der Waals surface area contributed by atoms with Crippen molar-refractivity contribution in [3.8, 4) is 6.07 Å². The first-order chi connectivity index (χ1) is 12.0. The predicted octanol–water partition coefficient (Wildman–Crippen LogP) is 4.39. The van der Waals surface area contributed by atoms with Gasteiger partial charge in [0.05, 0.1) is 16.9 Å². The summed E-state index contributed by atoms with van der Waals surface area (Å²) < 4.78 is 28.1. The number of para-hydroxylation sites is 2. The van der Waals surface area contributed by atoms with E-state index in [1.807, 2.05) is 25.1 Å². The third-order valence-electron chi connectivity index (χ3n) is 3.76. The topological polar surface area (TPSA) is 61.2 Å². The second-order valence-corrected chi connectivity index (χ2v) is 7.31. The lowest BCUT2D eigenvalue weighted by molar-refractivity contribution is 0.596. The van der Waals surface area contributed by atoms with E-state index >= 15 is 0 Å². The first-order valence-electron chi connectivity index (χ1n) is 7.70. The van der Waals surface area contributed by atoms with E-state index in [1.54, 1.807) is 60.7 Å².